The first kappa shape index (κ1) is 7.39. The van der Waals surface area contributed by atoms with Gasteiger partial charge in [-0.1, -0.05) is 18.2 Å². The van der Waals surface area contributed by atoms with Crippen LogP contribution in [0.5, 0.6) is 5.75 Å². The van der Waals surface area contributed by atoms with Crippen LogP contribution in [0, 0.1) is 0 Å². The van der Waals surface area contributed by atoms with Crippen molar-refractivity contribution in [2.45, 2.75) is 31.2 Å². The third-order valence-electron chi connectivity index (χ3n) is 2.75. The number of rotatable bonds is 2. The zero-order valence-corrected chi connectivity index (χ0v) is 7.35. The summed E-state index contributed by atoms with van der Waals surface area (Å²) in [6, 6.07) is 9.98. The summed E-state index contributed by atoms with van der Waals surface area (Å²) >= 11 is 0. The molecule has 0 radical (unpaired) electrons. The first-order chi connectivity index (χ1) is 6.43. The zero-order valence-electron chi connectivity index (χ0n) is 7.35. The first-order valence-electron chi connectivity index (χ1n) is 4.81. The summed E-state index contributed by atoms with van der Waals surface area (Å²) in [5, 5.41) is 0. The highest BCUT2D eigenvalue weighted by Crippen LogP contribution is 2.40. The maximum Gasteiger partial charge on any atom is 0.127 e. The summed E-state index contributed by atoms with van der Waals surface area (Å²) in [5.74, 6) is 0.962. The van der Waals surface area contributed by atoms with Crippen LogP contribution in [-0.2, 0) is 4.74 Å². The van der Waals surface area contributed by atoms with Crippen LogP contribution in [0.25, 0.3) is 0 Å². The van der Waals surface area contributed by atoms with Gasteiger partial charge in [0.05, 0.1) is 6.10 Å². The fraction of sp³-hybridized carbons (Fsp3) is 0.455. The Morgan fingerprint density at radius 3 is 2.62 bits per heavy atom. The summed E-state index contributed by atoms with van der Waals surface area (Å²) < 4.78 is 11.2. The molecule has 0 N–H and O–H groups in total. The molecule has 0 amide bonds. The molecule has 0 aromatic heterocycles. The van der Waals surface area contributed by atoms with Crippen molar-refractivity contribution in [2.75, 3.05) is 0 Å². The van der Waals surface area contributed by atoms with Gasteiger partial charge in [0.1, 0.15) is 18.0 Å². The number of fused-ring (bicyclic) bond motifs is 1. The van der Waals surface area contributed by atoms with Gasteiger partial charge < -0.3 is 9.47 Å². The first-order valence-corrected chi connectivity index (χ1v) is 4.81. The van der Waals surface area contributed by atoms with Crippen molar-refractivity contribution in [3.8, 4) is 5.75 Å². The van der Waals surface area contributed by atoms with Crippen molar-refractivity contribution in [1.29, 1.82) is 0 Å². The fourth-order valence-electron chi connectivity index (χ4n) is 2.01. The molecule has 1 aliphatic heterocycles. The van der Waals surface area contributed by atoms with Crippen LogP contribution in [0.15, 0.2) is 30.3 Å². The van der Waals surface area contributed by atoms with E-state index in [1.54, 1.807) is 0 Å². The van der Waals surface area contributed by atoms with E-state index in [0.717, 1.165) is 12.2 Å². The van der Waals surface area contributed by atoms with E-state index in [1.807, 2.05) is 30.3 Å². The largest absolute Gasteiger partial charge is 0.488 e. The lowest BCUT2D eigenvalue weighted by Crippen LogP contribution is -2.19. The summed E-state index contributed by atoms with van der Waals surface area (Å²) in [6.07, 6.45) is 3.51. The van der Waals surface area contributed by atoms with E-state index in [2.05, 4.69) is 0 Å². The third-order valence-corrected chi connectivity index (χ3v) is 2.75. The molecule has 1 unspecified atom stereocenters. The maximum absolute atomic E-state index is 5.80. The smallest absolute Gasteiger partial charge is 0.127 e. The van der Waals surface area contributed by atoms with Crippen LogP contribution in [0.2, 0.25) is 0 Å². The van der Waals surface area contributed by atoms with E-state index in [-0.39, 0.29) is 0 Å². The standard InChI is InChI=1S/C11H12O2/c1-2-4-8(5-3-1)12-9-6-7-10-11(9)13-10/h1-5,9-11H,6-7H2/t9?,10-,11+/m1/s1. The molecule has 13 heavy (non-hydrogen) atoms. The molecule has 1 saturated heterocycles. The van der Waals surface area contributed by atoms with Crippen LogP contribution in [0.1, 0.15) is 12.8 Å². The second-order valence-corrected chi connectivity index (χ2v) is 3.69. The summed E-state index contributed by atoms with van der Waals surface area (Å²) in [7, 11) is 0. The Hall–Kier alpha value is -1.02. The van der Waals surface area contributed by atoms with E-state index in [1.165, 1.54) is 6.42 Å². The number of hydrogen-bond acceptors (Lipinski definition) is 2. The molecule has 1 aliphatic carbocycles. The normalized spacial score (nSPS) is 35.5. The summed E-state index contributed by atoms with van der Waals surface area (Å²) in [4.78, 5) is 0. The van der Waals surface area contributed by atoms with Crippen molar-refractivity contribution in [3.63, 3.8) is 0 Å². The minimum atomic E-state index is 0.299. The minimum absolute atomic E-state index is 0.299. The zero-order chi connectivity index (χ0) is 8.67. The van der Waals surface area contributed by atoms with Crippen LogP contribution in [0.4, 0.5) is 0 Å². The molecule has 3 rings (SSSR count). The minimum Gasteiger partial charge on any atom is -0.488 e. The Balaban J connectivity index is 1.69. The van der Waals surface area contributed by atoms with Gasteiger partial charge in [-0.3, -0.25) is 0 Å². The predicted octanol–water partition coefficient (Wildman–Crippen LogP) is 2.00. The van der Waals surface area contributed by atoms with E-state index < -0.39 is 0 Å². The Morgan fingerprint density at radius 1 is 1.15 bits per heavy atom. The highest BCUT2D eigenvalue weighted by Gasteiger charge is 2.51. The van der Waals surface area contributed by atoms with Gasteiger partial charge >= 0.3 is 0 Å². The molecule has 0 bridgehead atoms. The van der Waals surface area contributed by atoms with Gasteiger partial charge in [-0.2, -0.15) is 0 Å². The average molecular weight is 176 g/mol. The monoisotopic (exact) mass is 176 g/mol. The third kappa shape index (κ3) is 1.31. The van der Waals surface area contributed by atoms with E-state index in [9.17, 15) is 0 Å². The SMILES string of the molecule is c1ccc(OC2CC[C@H]3O[C@@H]23)cc1. The quantitative estimate of drug-likeness (QED) is 0.643. The van der Waals surface area contributed by atoms with Crippen molar-refractivity contribution < 1.29 is 9.47 Å². The lowest BCUT2D eigenvalue weighted by atomic mass is 10.3. The highest BCUT2D eigenvalue weighted by atomic mass is 16.6. The Kier molecular flexibility index (Phi) is 1.56. The van der Waals surface area contributed by atoms with Gasteiger partial charge in [0.15, 0.2) is 0 Å². The lowest BCUT2D eigenvalue weighted by molar-refractivity contribution is 0.141. The van der Waals surface area contributed by atoms with Gasteiger partial charge in [-0.25, -0.2) is 0 Å². The van der Waals surface area contributed by atoms with Crippen molar-refractivity contribution in [2.24, 2.45) is 0 Å². The second kappa shape index (κ2) is 2.74. The van der Waals surface area contributed by atoms with E-state index >= 15 is 0 Å². The van der Waals surface area contributed by atoms with Gasteiger partial charge in [0, 0.05) is 0 Å². The van der Waals surface area contributed by atoms with Crippen LogP contribution in [0.3, 0.4) is 0 Å². The second-order valence-electron chi connectivity index (χ2n) is 3.69. The molecule has 1 saturated carbocycles. The Bertz CT molecular complexity index is 296. The van der Waals surface area contributed by atoms with Crippen molar-refractivity contribution in [3.05, 3.63) is 30.3 Å². The fourth-order valence-corrected chi connectivity index (χ4v) is 2.01. The number of hydrogen-bond donors (Lipinski definition) is 0. The number of benzene rings is 1. The van der Waals surface area contributed by atoms with Crippen molar-refractivity contribution in [1.82, 2.24) is 0 Å². The number of ether oxygens (including phenoxy) is 2. The molecular formula is C11H12O2. The number of para-hydroxylation sites is 1. The molecule has 1 aromatic rings. The molecule has 1 heterocycles. The topological polar surface area (TPSA) is 21.8 Å². The molecule has 68 valence electrons. The van der Waals surface area contributed by atoms with E-state index in [4.69, 9.17) is 9.47 Å². The van der Waals surface area contributed by atoms with Crippen molar-refractivity contribution >= 4 is 0 Å². The Labute approximate surface area is 77.5 Å². The average Bonchev–Trinajstić information content (AvgIpc) is 2.86. The Morgan fingerprint density at radius 2 is 2.00 bits per heavy atom. The summed E-state index contributed by atoms with van der Waals surface area (Å²) in [5.41, 5.74) is 0. The van der Waals surface area contributed by atoms with Gasteiger partial charge in [0.25, 0.3) is 0 Å². The van der Waals surface area contributed by atoms with Gasteiger partial charge in [-0.05, 0) is 25.0 Å². The molecule has 1 aromatic carbocycles. The molecule has 2 nitrogen and oxygen atoms in total. The summed E-state index contributed by atoms with van der Waals surface area (Å²) in [6.45, 7) is 0. The van der Waals surface area contributed by atoms with Gasteiger partial charge in [-0.15, -0.1) is 0 Å². The molecule has 2 heteroatoms. The van der Waals surface area contributed by atoms with Crippen LogP contribution < -0.4 is 4.74 Å². The van der Waals surface area contributed by atoms with E-state index in [0.29, 0.717) is 18.3 Å². The molecule has 2 aliphatic rings. The molecular weight excluding hydrogens is 164 g/mol. The van der Waals surface area contributed by atoms with Crippen LogP contribution >= 0.6 is 0 Å². The maximum atomic E-state index is 5.80. The molecule has 3 atom stereocenters. The highest BCUT2D eigenvalue weighted by molar-refractivity contribution is 5.22. The van der Waals surface area contributed by atoms with Gasteiger partial charge in [0.2, 0.25) is 0 Å². The number of epoxide rings is 1. The lowest BCUT2D eigenvalue weighted by Gasteiger charge is -2.13. The predicted molar refractivity (Wildman–Crippen MR) is 48.8 cm³/mol. The molecule has 0 spiro atoms. The van der Waals surface area contributed by atoms with Crippen LogP contribution in [-0.4, -0.2) is 18.3 Å². The molecule has 2 fully saturated rings.